The van der Waals surface area contributed by atoms with Crippen molar-refractivity contribution < 1.29 is 8.78 Å². The van der Waals surface area contributed by atoms with Gasteiger partial charge in [0.05, 0.1) is 6.54 Å². The molecule has 2 N–H and O–H groups in total. The summed E-state index contributed by atoms with van der Waals surface area (Å²) in [5.74, 6) is -0.915. The summed E-state index contributed by atoms with van der Waals surface area (Å²) in [6.07, 6.45) is 1.27. The number of rotatable bonds is 2. The molecule has 0 saturated heterocycles. The predicted molar refractivity (Wildman–Crippen MR) is 49.2 cm³/mol. The van der Waals surface area contributed by atoms with E-state index in [1.807, 2.05) is 0 Å². The Bertz CT molecular complexity index is 481. The predicted octanol–water partition coefficient (Wildman–Crippen LogP) is 1.00. The molecule has 0 atom stereocenters. The molecular weight excluding hydrogens is 202 g/mol. The molecule has 0 aliphatic carbocycles. The van der Waals surface area contributed by atoms with E-state index in [1.165, 1.54) is 17.1 Å². The number of hydrogen-bond donors (Lipinski definition) is 1. The Morgan fingerprint density at radius 2 is 2.13 bits per heavy atom. The van der Waals surface area contributed by atoms with Gasteiger partial charge in [-0.1, -0.05) is 0 Å². The highest BCUT2D eigenvalue weighted by atomic mass is 19.1. The number of nitrogens with two attached hydrogens (primary N) is 1. The smallest absolute Gasteiger partial charge is 0.151 e. The quantitative estimate of drug-likeness (QED) is 0.804. The van der Waals surface area contributed by atoms with E-state index in [0.29, 0.717) is 5.82 Å². The summed E-state index contributed by atoms with van der Waals surface area (Å²) in [6.45, 7) is 0.136. The molecule has 0 unspecified atom stereocenters. The molecule has 0 saturated carbocycles. The van der Waals surface area contributed by atoms with Gasteiger partial charge in [-0.15, -0.1) is 0 Å². The van der Waals surface area contributed by atoms with Crippen molar-refractivity contribution in [2.24, 2.45) is 5.73 Å². The van der Waals surface area contributed by atoms with Gasteiger partial charge < -0.3 is 5.73 Å². The lowest BCUT2D eigenvalue weighted by Gasteiger charge is -2.05. The highest BCUT2D eigenvalue weighted by Crippen LogP contribution is 2.14. The number of nitrogens with zero attached hydrogens (tertiary/aromatic N) is 3. The highest BCUT2D eigenvalue weighted by molar-refractivity contribution is 5.33. The van der Waals surface area contributed by atoms with Gasteiger partial charge in [-0.3, -0.25) is 0 Å². The van der Waals surface area contributed by atoms with Crippen molar-refractivity contribution >= 4 is 0 Å². The van der Waals surface area contributed by atoms with E-state index in [9.17, 15) is 8.78 Å². The summed E-state index contributed by atoms with van der Waals surface area (Å²) in [4.78, 5) is 3.84. The van der Waals surface area contributed by atoms with Crippen molar-refractivity contribution in [1.82, 2.24) is 14.8 Å². The fourth-order valence-corrected chi connectivity index (χ4v) is 1.26. The molecule has 2 aromatic rings. The Labute approximate surface area is 84.4 Å². The Morgan fingerprint density at radius 3 is 2.80 bits per heavy atom. The van der Waals surface area contributed by atoms with Gasteiger partial charge in [0.15, 0.2) is 5.82 Å². The fourth-order valence-electron chi connectivity index (χ4n) is 1.26. The third-order valence-corrected chi connectivity index (χ3v) is 1.94. The lowest BCUT2D eigenvalue weighted by Crippen LogP contribution is -2.09. The highest BCUT2D eigenvalue weighted by Gasteiger charge is 2.10. The molecule has 1 heterocycles. The van der Waals surface area contributed by atoms with E-state index in [-0.39, 0.29) is 12.2 Å². The van der Waals surface area contributed by atoms with E-state index >= 15 is 0 Å². The van der Waals surface area contributed by atoms with Gasteiger partial charge in [0, 0.05) is 6.07 Å². The van der Waals surface area contributed by atoms with Gasteiger partial charge in [0.1, 0.15) is 23.7 Å². The number of benzene rings is 1. The first-order valence-electron chi connectivity index (χ1n) is 4.27. The summed E-state index contributed by atoms with van der Waals surface area (Å²) in [6, 6.07) is 3.23. The maximum Gasteiger partial charge on any atom is 0.151 e. The second-order valence-corrected chi connectivity index (χ2v) is 2.89. The van der Waals surface area contributed by atoms with Crippen LogP contribution in [0.4, 0.5) is 8.78 Å². The average Bonchev–Trinajstić information content (AvgIpc) is 2.65. The SMILES string of the molecule is NCc1ncnn1-c1ccc(F)cc1F. The minimum absolute atomic E-state index is 0.134. The first-order chi connectivity index (χ1) is 7.22. The van der Waals surface area contributed by atoms with Crippen LogP contribution in [0.1, 0.15) is 5.82 Å². The van der Waals surface area contributed by atoms with Crippen LogP contribution in [0, 0.1) is 11.6 Å². The zero-order chi connectivity index (χ0) is 10.8. The Kier molecular flexibility index (Phi) is 2.42. The molecule has 78 valence electrons. The molecular formula is C9H8F2N4. The van der Waals surface area contributed by atoms with Crippen LogP contribution in [0.15, 0.2) is 24.5 Å². The standard InChI is InChI=1S/C9H8F2N4/c10-6-1-2-8(7(11)3-6)15-9(4-12)13-5-14-15/h1-3,5H,4,12H2. The average molecular weight is 210 g/mol. The van der Waals surface area contributed by atoms with Crippen LogP contribution in [-0.4, -0.2) is 14.8 Å². The molecule has 0 bridgehead atoms. The van der Waals surface area contributed by atoms with E-state index in [4.69, 9.17) is 5.73 Å². The van der Waals surface area contributed by atoms with Crippen molar-refractivity contribution in [3.05, 3.63) is 42.0 Å². The first-order valence-corrected chi connectivity index (χ1v) is 4.27. The largest absolute Gasteiger partial charge is 0.324 e. The zero-order valence-corrected chi connectivity index (χ0v) is 7.69. The van der Waals surface area contributed by atoms with Crippen molar-refractivity contribution in [3.63, 3.8) is 0 Å². The molecule has 1 aromatic heterocycles. The van der Waals surface area contributed by atoms with Crippen LogP contribution >= 0.6 is 0 Å². The third-order valence-electron chi connectivity index (χ3n) is 1.94. The molecule has 0 amide bonds. The lowest BCUT2D eigenvalue weighted by atomic mass is 10.3. The lowest BCUT2D eigenvalue weighted by molar-refractivity contribution is 0.571. The first kappa shape index (κ1) is 9.72. The van der Waals surface area contributed by atoms with Crippen LogP contribution in [0.3, 0.4) is 0 Å². The maximum atomic E-state index is 13.4. The van der Waals surface area contributed by atoms with Gasteiger partial charge in [0.25, 0.3) is 0 Å². The van der Waals surface area contributed by atoms with Crippen LogP contribution in [0.5, 0.6) is 0 Å². The van der Waals surface area contributed by atoms with Crippen LogP contribution in [0.2, 0.25) is 0 Å². The van der Waals surface area contributed by atoms with Gasteiger partial charge >= 0.3 is 0 Å². The van der Waals surface area contributed by atoms with Crippen LogP contribution in [0.25, 0.3) is 5.69 Å². The summed E-state index contributed by atoms with van der Waals surface area (Å²) >= 11 is 0. The van der Waals surface area contributed by atoms with Crippen LogP contribution < -0.4 is 5.73 Å². The molecule has 6 heteroatoms. The van der Waals surface area contributed by atoms with E-state index in [2.05, 4.69) is 10.1 Å². The summed E-state index contributed by atoms with van der Waals surface area (Å²) in [7, 11) is 0. The summed E-state index contributed by atoms with van der Waals surface area (Å²) in [5.41, 5.74) is 5.53. The molecule has 1 aromatic carbocycles. The fraction of sp³-hybridized carbons (Fsp3) is 0.111. The zero-order valence-electron chi connectivity index (χ0n) is 7.69. The van der Waals surface area contributed by atoms with Crippen LogP contribution in [-0.2, 0) is 6.54 Å². The van der Waals surface area contributed by atoms with E-state index < -0.39 is 11.6 Å². The molecule has 0 radical (unpaired) electrons. The van der Waals surface area contributed by atoms with Gasteiger partial charge in [-0.2, -0.15) is 5.10 Å². The number of halogens is 2. The Hall–Kier alpha value is -1.82. The topological polar surface area (TPSA) is 56.7 Å². The molecule has 0 fully saturated rings. The maximum absolute atomic E-state index is 13.4. The molecule has 4 nitrogen and oxygen atoms in total. The molecule has 0 aliphatic heterocycles. The van der Waals surface area contributed by atoms with Crippen molar-refractivity contribution in [2.75, 3.05) is 0 Å². The van der Waals surface area contributed by atoms with Crippen molar-refractivity contribution in [1.29, 1.82) is 0 Å². The van der Waals surface area contributed by atoms with Gasteiger partial charge in [-0.05, 0) is 12.1 Å². The van der Waals surface area contributed by atoms with Gasteiger partial charge in [-0.25, -0.2) is 18.4 Å². The molecule has 15 heavy (non-hydrogen) atoms. The number of hydrogen-bond acceptors (Lipinski definition) is 3. The Balaban J connectivity index is 2.54. The molecule has 2 rings (SSSR count). The van der Waals surface area contributed by atoms with Gasteiger partial charge in [0.2, 0.25) is 0 Å². The monoisotopic (exact) mass is 210 g/mol. The van der Waals surface area contributed by atoms with E-state index in [0.717, 1.165) is 12.1 Å². The van der Waals surface area contributed by atoms with Crippen molar-refractivity contribution in [2.45, 2.75) is 6.54 Å². The minimum atomic E-state index is -0.699. The van der Waals surface area contributed by atoms with E-state index in [1.54, 1.807) is 0 Å². The Morgan fingerprint density at radius 1 is 1.33 bits per heavy atom. The van der Waals surface area contributed by atoms with Crippen molar-refractivity contribution in [3.8, 4) is 5.69 Å². The second-order valence-electron chi connectivity index (χ2n) is 2.89. The third kappa shape index (κ3) is 1.71. The molecule has 0 aliphatic rings. The second kappa shape index (κ2) is 3.74. The minimum Gasteiger partial charge on any atom is -0.324 e. The normalized spacial score (nSPS) is 10.6. The molecule has 0 spiro atoms. The summed E-state index contributed by atoms with van der Waals surface area (Å²) in [5, 5.41) is 3.81. The summed E-state index contributed by atoms with van der Waals surface area (Å²) < 4.78 is 27.3. The number of aromatic nitrogens is 3.